The molecule has 0 saturated carbocycles. The van der Waals surface area contributed by atoms with Crippen molar-refractivity contribution in [2.75, 3.05) is 11.5 Å². The fraction of sp³-hybridized carbons (Fsp3) is 0.500. The Balaban J connectivity index is 2.18. The first-order valence-corrected chi connectivity index (χ1v) is 9.65. The third-order valence-electron chi connectivity index (χ3n) is 3.23. The third-order valence-corrected chi connectivity index (χ3v) is 6.57. The van der Waals surface area contributed by atoms with Crippen LogP contribution in [-0.2, 0) is 26.4 Å². The molecule has 1 fully saturated rings. The normalized spacial score (nSPS) is 22.6. The number of sulfone groups is 1. The van der Waals surface area contributed by atoms with Crippen molar-refractivity contribution in [2.24, 2.45) is 5.73 Å². The van der Waals surface area contributed by atoms with Gasteiger partial charge in [0.1, 0.15) is 0 Å². The highest BCUT2D eigenvalue weighted by Crippen LogP contribution is 2.16. The van der Waals surface area contributed by atoms with Gasteiger partial charge in [-0.15, -0.1) is 0 Å². The summed E-state index contributed by atoms with van der Waals surface area (Å²) in [4.78, 5) is 0.114. The molecule has 1 aromatic rings. The Labute approximate surface area is 119 Å². The smallest absolute Gasteiger partial charge is 0.240 e. The standard InChI is InChI=1S/C12H18N2O4S2/c13-8-10-3-1-5-12(7-10)20(17,18)14-11-4-2-6-19(15,16)9-11/h1,3,5,7,11,14H,2,4,6,8-9,13H2. The van der Waals surface area contributed by atoms with E-state index in [2.05, 4.69) is 4.72 Å². The molecule has 20 heavy (non-hydrogen) atoms. The highest BCUT2D eigenvalue weighted by atomic mass is 32.2. The SMILES string of the molecule is NCc1cccc(S(=O)(=O)NC2CCCS(=O)(=O)C2)c1. The predicted octanol–water partition coefficient (Wildman–Crippen LogP) is 0.000800. The Morgan fingerprint density at radius 1 is 1.35 bits per heavy atom. The zero-order chi connectivity index (χ0) is 14.8. The molecule has 1 aliphatic rings. The van der Waals surface area contributed by atoms with Crippen LogP contribution < -0.4 is 10.5 Å². The average molecular weight is 318 g/mol. The van der Waals surface area contributed by atoms with E-state index in [1.165, 1.54) is 12.1 Å². The van der Waals surface area contributed by atoms with Gasteiger partial charge in [-0.1, -0.05) is 12.1 Å². The summed E-state index contributed by atoms with van der Waals surface area (Å²) in [5.41, 5.74) is 6.20. The van der Waals surface area contributed by atoms with E-state index in [9.17, 15) is 16.8 Å². The largest absolute Gasteiger partial charge is 0.326 e. The second-order valence-electron chi connectivity index (χ2n) is 4.93. The van der Waals surface area contributed by atoms with E-state index in [1.54, 1.807) is 12.1 Å². The van der Waals surface area contributed by atoms with Gasteiger partial charge in [0.2, 0.25) is 10.0 Å². The van der Waals surface area contributed by atoms with Crippen molar-refractivity contribution in [3.63, 3.8) is 0 Å². The summed E-state index contributed by atoms with van der Waals surface area (Å²) in [6, 6.07) is 5.78. The third kappa shape index (κ3) is 3.78. The van der Waals surface area contributed by atoms with Gasteiger partial charge >= 0.3 is 0 Å². The van der Waals surface area contributed by atoms with Crippen LogP contribution in [0.25, 0.3) is 0 Å². The maximum Gasteiger partial charge on any atom is 0.240 e. The van der Waals surface area contributed by atoms with Crippen molar-refractivity contribution in [1.29, 1.82) is 0 Å². The number of nitrogens with two attached hydrogens (primary N) is 1. The minimum Gasteiger partial charge on any atom is -0.326 e. The number of hydrogen-bond donors (Lipinski definition) is 2. The number of hydrogen-bond acceptors (Lipinski definition) is 5. The van der Waals surface area contributed by atoms with Crippen molar-refractivity contribution >= 4 is 19.9 Å². The molecule has 1 aliphatic heterocycles. The van der Waals surface area contributed by atoms with E-state index in [0.717, 1.165) is 0 Å². The van der Waals surface area contributed by atoms with Crippen LogP contribution in [0.2, 0.25) is 0 Å². The lowest BCUT2D eigenvalue weighted by Gasteiger charge is -2.22. The van der Waals surface area contributed by atoms with Crippen LogP contribution in [0.3, 0.4) is 0 Å². The summed E-state index contributed by atoms with van der Waals surface area (Å²) in [5.74, 6) is -0.00328. The summed E-state index contributed by atoms with van der Waals surface area (Å²) >= 11 is 0. The number of nitrogens with one attached hydrogen (secondary N) is 1. The molecule has 1 unspecified atom stereocenters. The molecule has 6 nitrogen and oxygen atoms in total. The van der Waals surface area contributed by atoms with Gasteiger partial charge < -0.3 is 5.73 Å². The molecule has 1 atom stereocenters. The second kappa shape index (κ2) is 5.80. The van der Waals surface area contributed by atoms with Crippen molar-refractivity contribution in [3.8, 4) is 0 Å². The maximum atomic E-state index is 12.2. The summed E-state index contributed by atoms with van der Waals surface area (Å²) in [7, 11) is -6.86. The van der Waals surface area contributed by atoms with E-state index >= 15 is 0 Å². The van der Waals surface area contributed by atoms with E-state index in [1.807, 2.05) is 0 Å². The zero-order valence-corrected chi connectivity index (χ0v) is 12.6. The van der Waals surface area contributed by atoms with Crippen LogP contribution >= 0.6 is 0 Å². The second-order valence-corrected chi connectivity index (χ2v) is 8.87. The van der Waals surface area contributed by atoms with Gasteiger partial charge in [-0.05, 0) is 30.5 Å². The minimum atomic E-state index is -3.71. The molecule has 0 amide bonds. The molecule has 112 valence electrons. The molecule has 1 aromatic carbocycles. The topological polar surface area (TPSA) is 106 Å². The Morgan fingerprint density at radius 2 is 2.10 bits per heavy atom. The number of sulfonamides is 1. The highest BCUT2D eigenvalue weighted by molar-refractivity contribution is 7.91. The summed E-state index contributed by atoms with van der Waals surface area (Å²) in [6.07, 6.45) is 1.02. The molecule has 3 N–H and O–H groups in total. The fourth-order valence-corrected chi connectivity index (χ4v) is 5.32. The first-order chi connectivity index (χ1) is 9.32. The van der Waals surface area contributed by atoms with E-state index in [4.69, 9.17) is 5.73 Å². The molecule has 8 heteroatoms. The van der Waals surface area contributed by atoms with Gasteiger partial charge in [0.25, 0.3) is 0 Å². The van der Waals surface area contributed by atoms with Gasteiger partial charge in [-0.25, -0.2) is 21.6 Å². The Bertz CT molecular complexity index is 683. The van der Waals surface area contributed by atoms with E-state index in [-0.39, 0.29) is 22.9 Å². The van der Waals surface area contributed by atoms with Crippen molar-refractivity contribution in [1.82, 2.24) is 4.72 Å². The maximum absolute atomic E-state index is 12.2. The van der Waals surface area contributed by atoms with Crippen molar-refractivity contribution < 1.29 is 16.8 Å². The first kappa shape index (κ1) is 15.4. The average Bonchev–Trinajstić information content (AvgIpc) is 2.37. The van der Waals surface area contributed by atoms with Crippen molar-refractivity contribution in [2.45, 2.75) is 30.3 Å². The van der Waals surface area contributed by atoms with Crippen LogP contribution in [-0.4, -0.2) is 34.4 Å². The molecule has 0 aromatic heterocycles. The summed E-state index contributed by atoms with van der Waals surface area (Å²) < 4.78 is 50.0. The van der Waals surface area contributed by atoms with Crippen LogP contribution in [0, 0.1) is 0 Å². The lowest BCUT2D eigenvalue weighted by molar-refractivity contribution is 0.517. The Morgan fingerprint density at radius 3 is 2.75 bits per heavy atom. The first-order valence-electron chi connectivity index (χ1n) is 6.34. The van der Waals surface area contributed by atoms with Crippen LogP contribution in [0.15, 0.2) is 29.2 Å². The zero-order valence-electron chi connectivity index (χ0n) is 10.9. The van der Waals surface area contributed by atoms with E-state index in [0.29, 0.717) is 18.4 Å². The number of benzene rings is 1. The molecule has 0 spiro atoms. The Hall–Kier alpha value is -0.960. The molecular weight excluding hydrogens is 300 g/mol. The number of rotatable bonds is 4. The molecule has 0 radical (unpaired) electrons. The molecule has 1 saturated heterocycles. The monoisotopic (exact) mass is 318 g/mol. The molecule has 0 bridgehead atoms. The lowest BCUT2D eigenvalue weighted by Crippen LogP contribution is -2.43. The van der Waals surface area contributed by atoms with Gasteiger partial charge in [0, 0.05) is 12.6 Å². The van der Waals surface area contributed by atoms with E-state index < -0.39 is 25.9 Å². The molecular formula is C12H18N2O4S2. The van der Waals surface area contributed by atoms with Gasteiger partial charge in [-0.2, -0.15) is 0 Å². The highest BCUT2D eigenvalue weighted by Gasteiger charge is 2.28. The van der Waals surface area contributed by atoms with Crippen LogP contribution in [0.1, 0.15) is 18.4 Å². The van der Waals surface area contributed by atoms with Crippen molar-refractivity contribution in [3.05, 3.63) is 29.8 Å². The quantitative estimate of drug-likeness (QED) is 0.813. The predicted molar refractivity (Wildman–Crippen MR) is 76.3 cm³/mol. The minimum absolute atomic E-state index is 0.114. The molecule has 1 heterocycles. The fourth-order valence-electron chi connectivity index (χ4n) is 2.24. The molecule has 2 rings (SSSR count). The van der Waals surface area contributed by atoms with Crippen LogP contribution in [0.5, 0.6) is 0 Å². The molecule has 0 aliphatic carbocycles. The lowest BCUT2D eigenvalue weighted by atomic mass is 10.2. The van der Waals surface area contributed by atoms with Gasteiger partial charge in [-0.3, -0.25) is 0 Å². The van der Waals surface area contributed by atoms with Crippen LogP contribution in [0.4, 0.5) is 0 Å². The van der Waals surface area contributed by atoms with Gasteiger partial charge in [0.05, 0.1) is 16.4 Å². The summed E-state index contributed by atoms with van der Waals surface area (Å²) in [5, 5.41) is 0. The van der Waals surface area contributed by atoms with Gasteiger partial charge in [0.15, 0.2) is 9.84 Å². The summed E-state index contributed by atoms with van der Waals surface area (Å²) in [6.45, 7) is 0.251. The Kier molecular flexibility index (Phi) is 4.48.